The summed E-state index contributed by atoms with van der Waals surface area (Å²) in [4.78, 5) is 20.5. The molecule has 7 nitrogen and oxygen atoms in total. The minimum atomic E-state index is -3.54. The molecular formula is C20H21ClF2N4O3S. The number of aromatic nitrogens is 1. The second-order valence-corrected chi connectivity index (χ2v) is 10.2. The van der Waals surface area contributed by atoms with Crippen LogP contribution in [0.25, 0.3) is 0 Å². The maximum Gasteiger partial charge on any atom is 0.274 e. The fourth-order valence-electron chi connectivity index (χ4n) is 3.25. The Hall–Kier alpha value is -2.59. The highest BCUT2D eigenvalue weighted by Gasteiger charge is 2.56. The average molecular weight is 471 g/mol. The molecule has 1 saturated carbocycles. The van der Waals surface area contributed by atoms with Crippen LogP contribution in [0.3, 0.4) is 0 Å². The van der Waals surface area contributed by atoms with E-state index in [1.54, 1.807) is 13.0 Å². The van der Waals surface area contributed by atoms with Gasteiger partial charge < -0.3 is 11.1 Å². The molecule has 1 aromatic heterocycles. The number of alkyl halides is 1. The standard InChI is InChI=1S/C20H21ClF2N4O3S/c1-11-7-12(21)10-25-17(11)18(28)26-13-3-4-15(23)14(8-13)16(9-22)27-19(24)20(5-6-20)31(2,29)30/h3-4,7-8,10,16H,5-6,9H2,1-2H3,(H2,24,27)(H,26,28). The molecule has 11 heteroatoms. The fourth-order valence-corrected chi connectivity index (χ4v) is 4.74. The van der Waals surface area contributed by atoms with Crippen LogP contribution in [0.5, 0.6) is 0 Å². The summed E-state index contributed by atoms with van der Waals surface area (Å²) in [5, 5.41) is 2.95. The van der Waals surface area contributed by atoms with Gasteiger partial charge in [0.15, 0.2) is 9.84 Å². The van der Waals surface area contributed by atoms with E-state index in [0.717, 1.165) is 12.3 Å². The smallest absolute Gasteiger partial charge is 0.274 e. The third kappa shape index (κ3) is 4.69. The van der Waals surface area contributed by atoms with Gasteiger partial charge in [0.25, 0.3) is 5.91 Å². The number of hydrogen-bond donors (Lipinski definition) is 2. The Morgan fingerprint density at radius 2 is 2.06 bits per heavy atom. The molecule has 0 spiro atoms. The third-order valence-electron chi connectivity index (χ3n) is 5.19. The van der Waals surface area contributed by atoms with Crippen molar-refractivity contribution in [1.82, 2.24) is 4.98 Å². The summed E-state index contributed by atoms with van der Waals surface area (Å²) in [6, 6.07) is 3.82. The predicted molar refractivity (Wildman–Crippen MR) is 115 cm³/mol. The van der Waals surface area contributed by atoms with Gasteiger partial charge in [-0.2, -0.15) is 0 Å². The molecule has 166 valence electrons. The number of pyridine rings is 1. The molecule has 1 aliphatic carbocycles. The van der Waals surface area contributed by atoms with Gasteiger partial charge in [0.2, 0.25) is 0 Å². The van der Waals surface area contributed by atoms with E-state index in [9.17, 15) is 22.0 Å². The molecule has 31 heavy (non-hydrogen) atoms. The quantitative estimate of drug-likeness (QED) is 0.475. The minimum absolute atomic E-state index is 0.128. The molecule has 3 rings (SSSR count). The SMILES string of the molecule is Cc1cc(Cl)cnc1C(=O)Nc1ccc(F)c(C(CF)N=C(N)C2(S(C)(=O)=O)CC2)c1. The molecule has 1 atom stereocenters. The van der Waals surface area contributed by atoms with Crippen molar-refractivity contribution in [3.05, 3.63) is 58.1 Å². The highest BCUT2D eigenvalue weighted by Crippen LogP contribution is 2.44. The number of amidine groups is 1. The number of rotatable bonds is 7. The number of carbonyl (C=O) groups excluding carboxylic acids is 1. The first-order valence-corrected chi connectivity index (χ1v) is 11.6. The molecule has 0 saturated heterocycles. The topological polar surface area (TPSA) is 115 Å². The van der Waals surface area contributed by atoms with Gasteiger partial charge in [0, 0.05) is 23.7 Å². The number of anilines is 1. The lowest BCUT2D eigenvalue weighted by atomic mass is 10.1. The largest absolute Gasteiger partial charge is 0.386 e. The molecule has 0 radical (unpaired) electrons. The molecule has 1 amide bonds. The molecule has 1 heterocycles. The molecule has 2 aromatic rings. The lowest BCUT2D eigenvalue weighted by Crippen LogP contribution is -2.38. The summed E-state index contributed by atoms with van der Waals surface area (Å²) >= 11 is 5.85. The Kier molecular flexibility index (Phi) is 6.33. The van der Waals surface area contributed by atoms with E-state index < -0.39 is 39.0 Å². The number of amides is 1. The van der Waals surface area contributed by atoms with Crippen molar-refractivity contribution in [3.8, 4) is 0 Å². The number of hydrogen-bond acceptors (Lipinski definition) is 5. The Bertz CT molecular complexity index is 1170. The highest BCUT2D eigenvalue weighted by atomic mass is 35.5. The summed E-state index contributed by atoms with van der Waals surface area (Å²) in [6.07, 6.45) is 2.93. The molecule has 1 fully saturated rings. The van der Waals surface area contributed by atoms with Crippen molar-refractivity contribution < 1.29 is 22.0 Å². The third-order valence-corrected chi connectivity index (χ3v) is 7.44. The number of nitrogens with one attached hydrogen (secondary N) is 1. The first-order chi connectivity index (χ1) is 14.5. The van der Waals surface area contributed by atoms with Crippen LogP contribution in [-0.2, 0) is 9.84 Å². The zero-order valence-electron chi connectivity index (χ0n) is 16.8. The Balaban J connectivity index is 1.89. The van der Waals surface area contributed by atoms with Gasteiger partial charge in [-0.1, -0.05) is 11.6 Å². The van der Waals surface area contributed by atoms with E-state index >= 15 is 0 Å². The maximum atomic E-state index is 14.4. The first-order valence-electron chi connectivity index (χ1n) is 9.31. The van der Waals surface area contributed by atoms with Gasteiger partial charge in [0.05, 0.1) is 5.02 Å². The Morgan fingerprint density at radius 3 is 2.61 bits per heavy atom. The number of halogens is 3. The molecule has 0 aliphatic heterocycles. The van der Waals surface area contributed by atoms with Gasteiger partial charge in [-0.15, -0.1) is 0 Å². The maximum absolute atomic E-state index is 14.4. The van der Waals surface area contributed by atoms with Crippen LogP contribution in [0.4, 0.5) is 14.5 Å². The zero-order chi connectivity index (χ0) is 23.0. The van der Waals surface area contributed by atoms with Gasteiger partial charge >= 0.3 is 0 Å². The minimum Gasteiger partial charge on any atom is -0.386 e. The summed E-state index contributed by atoms with van der Waals surface area (Å²) in [5.74, 6) is -1.56. The number of benzene rings is 1. The van der Waals surface area contributed by atoms with Crippen molar-refractivity contribution in [1.29, 1.82) is 0 Å². The van der Waals surface area contributed by atoms with Crippen molar-refractivity contribution in [3.63, 3.8) is 0 Å². The normalized spacial score (nSPS) is 16.6. The van der Waals surface area contributed by atoms with Crippen molar-refractivity contribution in [2.45, 2.75) is 30.6 Å². The van der Waals surface area contributed by atoms with Crippen LogP contribution in [0, 0.1) is 12.7 Å². The van der Waals surface area contributed by atoms with E-state index in [0.29, 0.717) is 10.6 Å². The second-order valence-electron chi connectivity index (χ2n) is 7.46. The molecule has 1 aromatic carbocycles. The number of nitrogens with two attached hydrogens (primary N) is 1. The molecule has 1 aliphatic rings. The van der Waals surface area contributed by atoms with Crippen molar-refractivity contribution in [2.24, 2.45) is 10.7 Å². The number of nitrogens with zero attached hydrogens (tertiary/aromatic N) is 2. The van der Waals surface area contributed by atoms with Crippen LogP contribution in [-0.4, -0.2) is 42.8 Å². The van der Waals surface area contributed by atoms with Gasteiger partial charge in [0.1, 0.15) is 34.8 Å². The summed E-state index contributed by atoms with van der Waals surface area (Å²) in [7, 11) is -3.54. The summed E-state index contributed by atoms with van der Waals surface area (Å²) in [6.45, 7) is 0.558. The number of aryl methyl sites for hydroxylation is 1. The monoisotopic (exact) mass is 470 g/mol. The van der Waals surface area contributed by atoms with Crippen LogP contribution >= 0.6 is 11.6 Å². The first kappa shape index (κ1) is 23.1. The Morgan fingerprint density at radius 1 is 1.39 bits per heavy atom. The molecule has 1 unspecified atom stereocenters. The lowest BCUT2D eigenvalue weighted by molar-refractivity contribution is 0.102. The van der Waals surface area contributed by atoms with E-state index in [-0.39, 0.29) is 35.6 Å². The van der Waals surface area contributed by atoms with E-state index in [1.165, 1.54) is 18.3 Å². The molecular weight excluding hydrogens is 450 g/mol. The van der Waals surface area contributed by atoms with Crippen LogP contribution in [0.1, 0.15) is 40.5 Å². The second kappa shape index (κ2) is 8.51. The van der Waals surface area contributed by atoms with E-state index in [1.807, 2.05) is 0 Å². The predicted octanol–water partition coefficient (Wildman–Crippen LogP) is 3.38. The Labute approximate surface area is 183 Å². The fraction of sp³-hybridized carbons (Fsp3) is 0.350. The molecule has 0 bridgehead atoms. The van der Waals surface area contributed by atoms with Gasteiger partial charge in [-0.25, -0.2) is 22.2 Å². The number of carbonyl (C=O) groups is 1. The molecule has 3 N–H and O–H groups in total. The van der Waals surface area contributed by atoms with Crippen LogP contribution < -0.4 is 11.1 Å². The van der Waals surface area contributed by atoms with Crippen molar-refractivity contribution >= 4 is 38.9 Å². The zero-order valence-corrected chi connectivity index (χ0v) is 18.4. The van der Waals surface area contributed by atoms with Gasteiger partial charge in [-0.05, 0) is 49.6 Å². The van der Waals surface area contributed by atoms with Crippen LogP contribution in [0.15, 0.2) is 35.5 Å². The van der Waals surface area contributed by atoms with E-state index in [4.69, 9.17) is 17.3 Å². The van der Waals surface area contributed by atoms with E-state index in [2.05, 4.69) is 15.3 Å². The lowest BCUT2D eigenvalue weighted by Gasteiger charge is -2.17. The van der Waals surface area contributed by atoms with Gasteiger partial charge in [-0.3, -0.25) is 9.79 Å². The number of sulfone groups is 1. The highest BCUT2D eigenvalue weighted by molar-refractivity contribution is 7.93. The summed E-state index contributed by atoms with van der Waals surface area (Å²) in [5.41, 5.74) is 6.58. The number of aliphatic imine (C=N–C) groups is 1. The summed E-state index contributed by atoms with van der Waals surface area (Å²) < 4.78 is 50.9. The van der Waals surface area contributed by atoms with Crippen molar-refractivity contribution in [2.75, 3.05) is 18.2 Å². The van der Waals surface area contributed by atoms with Crippen LogP contribution in [0.2, 0.25) is 5.02 Å². The average Bonchev–Trinajstić information content (AvgIpc) is 3.49.